The van der Waals surface area contributed by atoms with E-state index in [0.29, 0.717) is 0 Å². The molecule has 0 unspecified atom stereocenters. The molecule has 4 heteroatoms. The number of rotatable bonds is 3. The second-order valence-corrected chi connectivity index (χ2v) is 4.22. The van der Waals surface area contributed by atoms with Crippen LogP contribution in [0.3, 0.4) is 0 Å². The van der Waals surface area contributed by atoms with E-state index >= 15 is 0 Å². The third-order valence-corrected chi connectivity index (χ3v) is 3.19. The Morgan fingerprint density at radius 3 is 2.35 bits per heavy atom. The SMILES string of the molecule is C[C@H]([C@@H]([O-])c1ccccc1)N1CCOCC1.[Li+]. The summed E-state index contributed by atoms with van der Waals surface area (Å²) >= 11 is 0. The van der Waals surface area contributed by atoms with Crippen molar-refractivity contribution in [2.24, 2.45) is 0 Å². The molecule has 1 aliphatic rings. The van der Waals surface area contributed by atoms with Crippen molar-refractivity contribution >= 4 is 0 Å². The Kier molecular flexibility index (Phi) is 6.25. The summed E-state index contributed by atoms with van der Waals surface area (Å²) in [5, 5.41) is 12.2. The third kappa shape index (κ3) is 3.84. The molecule has 0 amide bonds. The van der Waals surface area contributed by atoms with Crippen LogP contribution in [0.15, 0.2) is 30.3 Å². The maximum atomic E-state index is 12.2. The van der Waals surface area contributed by atoms with Crippen molar-refractivity contribution in [3.63, 3.8) is 0 Å². The van der Waals surface area contributed by atoms with Crippen LogP contribution in [0.5, 0.6) is 0 Å². The molecule has 0 bridgehead atoms. The molecule has 1 heterocycles. The van der Waals surface area contributed by atoms with Crippen molar-refractivity contribution < 1.29 is 28.7 Å². The van der Waals surface area contributed by atoms with E-state index in [1.54, 1.807) is 0 Å². The molecule has 2 atom stereocenters. The molecule has 88 valence electrons. The molecule has 0 aliphatic carbocycles. The van der Waals surface area contributed by atoms with Gasteiger partial charge in [0.05, 0.1) is 13.2 Å². The zero-order valence-corrected chi connectivity index (χ0v) is 10.6. The molecule has 1 fully saturated rings. The van der Waals surface area contributed by atoms with Gasteiger partial charge in [0.25, 0.3) is 0 Å². The topological polar surface area (TPSA) is 35.5 Å². The van der Waals surface area contributed by atoms with Gasteiger partial charge < -0.3 is 9.84 Å². The molecule has 0 N–H and O–H groups in total. The van der Waals surface area contributed by atoms with Gasteiger partial charge >= 0.3 is 18.9 Å². The minimum Gasteiger partial charge on any atom is -0.847 e. The summed E-state index contributed by atoms with van der Waals surface area (Å²) in [6.07, 6.45) is -0.667. The first-order chi connectivity index (χ1) is 7.79. The van der Waals surface area contributed by atoms with E-state index < -0.39 is 6.10 Å². The zero-order valence-electron chi connectivity index (χ0n) is 10.6. The molecule has 1 aromatic rings. The van der Waals surface area contributed by atoms with Crippen LogP contribution in [-0.2, 0) is 4.74 Å². The van der Waals surface area contributed by atoms with Crippen molar-refractivity contribution in [1.82, 2.24) is 4.90 Å². The minimum absolute atomic E-state index is 0. The van der Waals surface area contributed by atoms with Crippen molar-refractivity contribution in [2.45, 2.75) is 19.1 Å². The van der Waals surface area contributed by atoms with Crippen LogP contribution in [-0.4, -0.2) is 37.2 Å². The summed E-state index contributed by atoms with van der Waals surface area (Å²) in [5.74, 6) is 0. The van der Waals surface area contributed by atoms with Crippen LogP contribution in [0.25, 0.3) is 0 Å². The predicted molar refractivity (Wildman–Crippen MR) is 61.0 cm³/mol. The molecule has 17 heavy (non-hydrogen) atoms. The number of benzene rings is 1. The monoisotopic (exact) mass is 227 g/mol. The summed E-state index contributed by atoms with van der Waals surface area (Å²) < 4.78 is 5.29. The molecule has 3 nitrogen and oxygen atoms in total. The Morgan fingerprint density at radius 1 is 1.18 bits per heavy atom. The predicted octanol–water partition coefficient (Wildman–Crippen LogP) is -2.19. The molecule has 1 aliphatic heterocycles. The Morgan fingerprint density at radius 2 is 1.76 bits per heavy atom. The minimum atomic E-state index is -0.667. The fourth-order valence-electron chi connectivity index (χ4n) is 2.10. The van der Waals surface area contributed by atoms with Crippen LogP contribution < -0.4 is 24.0 Å². The zero-order chi connectivity index (χ0) is 11.4. The van der Waals surface area contributed by atoms with Gasteiger partial charge in [-0.2, -0.15) is 0 Å². The van der Waals surface area contributed by atoms with E-state index in [-0.39, 0.29) is 24.9 Å². The van der Waals surface area contributed by atoms with Crippen molar-refractivity contribution in [2.75, 3.05) is 26.3 Å². The Balaban J connectivity index is 0.00000144. The van der Waals surface area contributed by atoms with E-state index in [0.717, 1.165) is 31.9 Å². The molecule has 0 aromatic heterocycles. The van der Waals surface area contributed by atoms with Gasteiger partial charge in [-0.1, -0.05) is 48.9 Å². The second kappa shape index (κ2) is 7.20. The maximum Gasteiger partial charge on any atom is 1.00 e. The number of hydrogen-bond donors (Lipinski definition) is 0. The summed E-state index contributed by atoms with van der Waals surface area (Å²) in [4.78, 5) is 2.22. The Bertz CT molecular complexity index is 314. The smallest absolute Gasteiger partial charge is 0.847 e. The van der Waals surface area contributed by atoms with Crippen LogP contribution in [0.1, 0.15) is 18.6 Å². The Labute approximate surface area is 115 Å². The van der Waals surface area contributed by atoms with E-state index in [2.05, 4.69) is 4.90 Å². The van der Waals surface area contributed by atoms with Gasteiger partial charge in [-0.15, -0.1) is 0 Å². The standard InChI is InChI=1S/C13H18NO2.Li/c1-11(14-7-9-16-10-8-14)13(15)12-5-3-2-4-6-12;/h2-6,11,13H,7-10H2,1H3;/q-1;+1/t11-,13-;/m1./s1. The van der Waals surface area contributed by atoms with Crippen molar-refractivity contribution in [3.8, 4) is 0 Å². The van der Waals surface area contributed by atoms with Gasteiger partial charge in [-0.3, -0.25) is 4.90 Å². The van der Waals surface area contributed by atoms with Crippen LogP contribution in [0, 0.1) is 0 Å². The van der Waals surface area contributed by atoms with Gasteiger partial charge in [-0.05, 0) is 6.04 Å². The maximum absolute atomic E-state index is 12.2. The average molecular weight is 227 g/mol. The van der Waals surface area contributed by atoms with Gasteiger partial charge in [0.2, 0.25) is 0 Å². The molecular weight excluding hydrogens is 209 g/mol. The largest absolute Gasteiger partial charge is 1.00 e. The first kappa shape index (κ1) is 14.8. The molecule has 0 radical (unpaired) electrons. The number of nitrogens with zero attached hydrogens (tertiary/aromatic N) is 1. The number of morpholine rings is 1. The molecule has 0 spiro atoms. The Hall–Kier alpha value is -0.303. The summed E-state index contributed by atoms with van der Waals surface area (Å²) in [7, 11) is 0. The van der Waals surface area contributed by atoms with Crippen LogP contribution in [0.2, 0.25) is 0 Å². The molecule has 0 saturated carbocycles. The number of hydrogen-bond acceptors (Lipinski definition) is 3. The summed E-state index contributed by atoms with van der Waals surface area (Å²) in [6, 6.07) is 9.64. The van der Waals surface area contributed by atoms with Gasteiger partial charge in [0.1, 0.15) is 0 Å². The van der Waals surface area contributed by atoms with Gasteiger partial charge in [0, 0.05) is 13.1 Å². The average Bonchev–Trinajstić information content (AvgIpc) is 2.39. The van der Waals surface area contributed by atoms with Gasteiger partial charge in [-0.25, -0.2) is 0 Å². The summed E-state index contributed by atoms with van der Waals surface area (Å²) in [5.41, 5.74) is 0.876. The first-order valence-electron chi connectivity index (χ1n) is 5.81. The van der Waals surface area contributed by atoms with Gasteiger partial charge in [0.15, 0.2) is 0 Å². The van der Waals surface area contributed by atoms with Crippen molar-refractivity contribution in [3.05, 3.63) is 35.9 Å². The quantitative estimate of drug-likeness (QED) is 0.550. The third-order valence-electron chi connectivity index (χ3n) is 3.19. The molecule has 1 aromatic carbocycles. The van der Waals surface area contributed by atoms with E-state index in [4.69, 9.17) is 4.74 Å². The first-order valence-corrected chi connectivity index (χ1v) is 5.81. The van der Waals surface area contributed by atoms with E-state index in [9.17, 15) is 5.11 Å². The number of ether oxygens (including phenoxy) is 1. The van der Waals surface area contributed by atoms with E-state index in [1.165, 1.54) is 0 Å². The van der Waals surface area contributed by atoms with Crippen LogP contribution in [0.4, 0.5) is 0 Å². The molecule has 1 saturated heterocycles. The second-order valence-electron chi connectivity index (χ2n) is 4.22. The molecular formula is C13H18LiNO2. The van der Waals surface area contributed by atoms with Crippen LogP contribution >= 0.6 is 0 Å². The fraction of sp³-hybridized carbons (Fsp3) is 0.538. The fourth-order valence-corrected chi connectivity index (χ4v) is 2.10. The molecule has 2 rings (SSSR count). The van der Waals surface area contributed by atoms with E-state index in [1.807, 2.05) is 37.3 Å². The normalized spacial score (nSPS) is 20.4. The summed E-state index contributed by atoms with van der Waals surface area (Å²) in [6.45, 7) is 5.23. The van der Waals surface area contributed by atoms with Crippen molar-refractivity contribution in [1.29, 1.82) is 0 Å².